The normalized spacial score (nSPS) is 16.7. The predicted molar refractivity (Wildman–Crippen MR) is 122 cm³/mol. The van der Waals surface area contributed by atoms with Gasteiger partial charge in [0.2, 0.25) is 11.8 Å². The molecule has 4 aromatic heterocycles. The number of halogens is 1. The van der Waals surface area contributed by atoms with E-state index < -0.39 is 0 Å². The second-order valence-electron chi connectivity index (χ2n) is 8.00. The van der Waals surface area contributed by atoms with Crippen molar-refractivity contribution in [2.24, 2.45) is 0 Å². The Morgan fingerprint density at radius 1 is 1.09 bits per heavy atom. The van der Waals surface area contributed by atoms with Gasteiger partial charge in [-0.2, -0.15) is 0 Å². The molecule has 1 unspecified atom stereocenters. The van der Waals surface area contributed by atoms with Crippen LogP contribution in [0.15, 0.2) is 63.8 Å². The third-order valence-electron chi connectivity index (χ3n) is 5.93. The average molecular weight is 463 g/mol. The van der Waals surface area contributed by atoms with Crippen LogP contribution in [0, 0.1) is 0 Å². The van der Waals surface area contributed by atoms with Crippen molar-refractivity contribution in [3.8, 4) is 11.6 Å². The van der Waals surface area contributed by atoms with Crippen LogP contribution in [-0.2, 0) is 0 Å². The molecule has 1 aliphatic rings. The molecule has 1 fully saturated rings. The quantitative estimate of drug-likeness (QED) is 0.398. The molecule has 1 saturated heterocycles. The standard InChI is InChI=1S/C23H19ClN6O3/c1-14-13-28(8-9-29(14)22(31)19-5-3-11-33-19)23-25-17-12-15(24)6-7-16(17)20-26-27-21(30(20)23)18-4-2-10-32-18/h2-7,10-12,14H,8-9,13H2,1H3. The first-order chi connectivity index (χ1) is 16.1. The first kappa shape index (κ1) is 19.8. The molecule has 5 heterocycles. The number of piperazine rings is 1. The number of hydrogen-bond acceptors (Lipinski definition) is 7. The molecule has 0 spiro atoms. The zero-order valence-corrected chi connectivity index (χ0v) is 18.4. The monoisotopic (exact) mass is 462 g/mol. The summed E-state index contributed by atoms with van der Waals surface area (Å²) < 4.78 is 12.8. The number of hydrogen-bond donors (Lipinski definition) is 0. The highest BCUT2D eigenvalue weighted by Crippen LogP contribution is 2.31. The number of carbonyl (C=O) groups excluding carboxylic acids is 1. The summed E-state index contributed by atoms with van der Waals surface area (Å²) in [6.45, 7) is 3.70. The van der Waals surface area contributed by atoms with Crippen LogP contribution in [0.5, 0.6) is 0 Å². The average Bonchev–Trinajstić information content (AvgIpc) is 3.59. The first-order valence-electron chi connectivity index (χ1n) is 10.6. The van der Waals surface area contributed by atoms with Crippen LogP contribution in [0.4, 0.5) is 5.95 Å². The molecule has 1 atom stereocenters. The lowest BCUT2D eigenvalue weighted by Gasteiger charge is -2.40. The zero-order chi connectivity index (χ0) is 22.5. The fraction of sp³-hybridized carbons (Fsp3) is 0.217. The Bertz CT molecular complexity index is 1460. The van der Waals surface area contributed by atoms with E-state index >= 15 is 0 Å². The van der Waals surface area contributed by atoms with Gasteiger partial charge in [-0.15, -0.1) is 10.2 Å². The van der Waals surface area contributed by atoms with Gasteiger partial charge in [0, 0.05) is 36.1 Å². The summed E-state index contributed by atoms with van der Waals surface area (Å²) in [5.41, 5.74) is 1.39. The second-order valence-corrected chi connectivity index (χ2v) is 8.44. The Morgan fingerprint density at radius 2 is 1.94 bits per heavy atom. The molecular weight excluding hydrogens is 444 g/mol. The van der Waals surface area contributed by atoms with Crippen molar-refractivity contribution in [2.45, 2.75) is 13.0 Å². The highest BCUT2D eigenvalue weighted by Gasteiger charge is 2.32. The molecule has 1 aliphatic heterocycles. The maximum absolute atomic E-state index is 12.9. The minimum atomic E-state index is -0.115. The van der Waals surface area contributed by atoms with Crippen LogP contribution < -0.4 is 4.90 Å². The van der Waals surface area contributed by atoms with Gasteiger partial charge in [0.25, 0.3) is 5.91 Å². The van der Waals surface area contributed by atoms with Crippen molar-refractivity contribution in [2.75, 3.05) is 24.5 Å². The number of nitrogens with zero attached hydrogens (tertiary/aromatic N) is 6. The fourth-order valence-corrected chi connectivity index (χ4v) is 4.52. The van der Waals surface area contributed by atoms with Gasteiger partial charge in [0.15, 0.2) is 17.2 Å². The van der Waals surface area contributed by atoms with Crippen LogP contribution in [0.3, 0.4) is 0 Å². The van der Waals surface area contributed by atoms with Gasteiger partial charge in [-0.05, 0) is 49.4 Å². The van der Waals surface area contributed by atoms with Crippen molar-refractivity contribution >= 4 is 40.0 Å². The molecule has 1 aromatic carbocycles. The summed E-state index contributed by atoms with van der Waals surface area (Å²) in [5, 5.41) is 10.3. The van der Waals surface area contributed by atoms with Gasteiger partial charge in [-0.1, -0.05) is 11.6 Å². The van der Waals surface area contributed by atoms with Gasteiger partial charge in [0.05, 0.1) is 18.0 Å². The summed E-state index contributed by atoms with van der Waals surface area (Å²) in [6, 6.07) is 12.5. The van der Waals surface area contributed by atoms with Crippen molar-refractivity contribution < 1.29 is 13.6 Å². The largest absolute Gasteiger partial charge is 0.461 e. The minimum Gasteiger partial charge on any atom is -0.461 e. The number of amides is 1. The SMILES string of the molecule is CC1CN(c2nc3cc(Cl)ccc3c3nnc(-c4ccco4)n23)CCN1C(=O)c1ccco1. The molecule has 10 heteroatoms. The highest BCUT2D eigenvalue weighted by molar-refractivity contribution is 6.31. The van der Waals surface area contributed by atoms with Gasteiger partial charge >= 0.3 is 0 Å². The summed E-state index contributed by atoms with van der Waals surface area (Å²) in [4.78, 5) is 21.8. The van der Waals surface area contributed by atoms with E-state index in [9.17, 15) is 4.79 Å². The van der Waals surface area contributed by atoms with Crippen LogP contribution >= 0.6 is 11.6 Å². The molecule has 0 bridgehead atoms. The van der Waals surface area contributed by atoms with Gasteiger partial charge in [-0.3, -0.25) is 4.79 Å². The number of carbonyl (C=O) groups is 1. The molecule has 6 rings (SSSR count). The van der Waals surface area contributed by atoms with Crippen LogP contribution in [0.2, 0.25) is 5.02 Å². The number of anilines is 1. The Hall–Kier alpha value is -3.85. The molecule has 0 aliphatic carbocycles. The van der Waals surface area contributed by atoms with Gasteiger partial charge < -0.3 is 18.6 Å². The maximum atomic E-state index is 12.9. The third kappa shape index (κ3) is 3.23. The molecule has 9 nitrogen and oxygen atoms in total. The van der Waals surface area contributed by atoms with E-state index in [0.29, 0.717) is 53.6 Å². The van der Waals surface area contributed by atoms with Crippen molar-refractivity contribution in [1.82, 2.24) is 24.5 Å². The molecule has 33 heavy (non-hydrogen) atoms. The molecule has 5 aromatic rings. The van der Waals surface area contributed by atoms with E-state index in [0.717, 1.165) is 10.9 Å². The van der Waals surface area contributed by atoms with Crippen LogP contribution in [0.25, 0.3) is 28.1 Å². The van der Waals surface area contributed by atoms with Crippen molar-refractivity contribution in [3.63, 3.8) is 0 Å². The zero-order valence-electron chi connectivity index (χ0n) is 17.7. The van der Waals surface area contributed by atoms with E-state index in [1.165, 1.54) is 6.26 Å². The smallest absolute Gasteiger partial charge is 0.289 e. The molecule has 0 saturated carbocycles. The van der Waals surface area contributed by atoms with E-state index in [2.05, 4.69) is 15.1 Å². The van der Waals surface area contributed by atoms with E-state index in [4.69, 9.17) is 25.4 Å². The molecular formula is C23H19ClN6O3. The van der Waals surface area contributed by atoms with E-state index in [1.54, 1.807) is 18.4 Å². The number of furan rings is 2. The predicted octanol–water partition coefficient (Wildman–Crippen LogP) is 4.13. The molecule has 166 valence electrons. The van der Waals surface area contributed by atoms with Crippen molar-refractivity contribution in [1.29, 1.82) is 0 Å². The van der Waals surface area contributed by atoms with E-state index in [1.807, 2.05) is 46.6 Å². The Kier molecular flexibility index (Phi) is 4.58. The molecule has 0 radical (unpaired) electrons. The topological polar surface area (TPSA) is 92.9 Å². The lowest BCUT2D eigenvalue weighted by Crippen LogP contribution is -2.54. The van der Waals surface area contributed by atoms with Gasteiger partial charge in [-0.25, -0.2) is 9.38 Å². The van der Waals surface area contributed by atoms with E-state index in [-0.39, 0.29) is 11.9 Å². The summed E-state index contributed by atoms with van der Waals surface area (Å²) in [5.74, 6) is 2.06. The molecule has 0 N–H and O–H groups in total. The highest BCUT2D eigenvalue weighted by atomic mass is 35.5. The summed E-state index contributed by atoms with van der Waals surface area (Å²) in [6.07, 6.45) is 3.11. The fourth-order valence-electron chi connectivity index (χ4n) is 4.35. The summed E-state index contributed by atoms with van der Waals surface area (Å²) >= 11 is 6.26. The number of rotatable bonds is 3. The van der Waals surface area contributed by atoms with Crippen molar-refractivity contribution in [3.05, 3.63) is 65.8 Å². The minimum absolute atomic E-state index is 0.0631. The number of fused-ring (bicyclic) bond motifs is 3. The molecule has 1 amide bonds. The third-order valence-corrected chi connectivity index (χ3v) is 6.16. The Morgan fingerprint density at radius 3 is 2.70 bits per heavy atom. The second kappa shape index (κ2) is 7.63. The lowest BCUT2D eigenvalue weighted by atomic mass is 10.1. The summed E-state index contributed by atoms with van der Waals surface area (Å²) in [7, 11) is 0. The number of benzene rings is 1. The number of aromatic nitrogens is 4. The first-order valence-corrected chi connectivity index (χ1v) is 11.0. The maximum Gasteiger partial charge on any atom is 0.289 e. The Labute approximate surface area is 193 Å². The lowest BCUT2D eigenvalue weighted by molar-refractivity contribution is 0.0640. The Balaban J connectivity index is 1.45. The van der Waals surface area contributed by atoms with Gasteiger partial charge in [0.1, 0.15) is 0 Å². The van der Waals surface area contributed by atoms with Crippen LogP contribution in [-0.4, -0.2) is 56.1 Å². The van der Waals surface area contributed by atoms with Crippen LogP contribution in [0.1, 0.15) is 17.5 Å².